The molecular weight excluding hydrogens is 369 g/mol. The van der Waals surface area contributed by atoms with Crippen molar-refractivity contribution in [3.05, 3.63) is 58.3 Å². The summed E-state index contributed by atoms with van der Waals surface area (Å²) in [4.78, 5) is 36.0. The zero-order valence-electron chi connectivity index (χ0n) is 15.1. The van der Waals surface area contributed by atoms with Crippen LogP contribution in [-0.2, 0) is 4.79 Å². The molecule has 1 aromatic carbocycles. The molecule has 3 N–H and O–H groups in total. The number of carboxylic acid groups (broad SMARTS) is 1. The number of nitrogens with one attached hydrogen (secondary N) is 1. The minimum Gasteiger partial charge on any atom is -0.505 e. The maximum Gasteiger partial charge on any atom is 0.322 e. The maximum atomic E-state index is 13.3. The van der Waals surface area contributed by atoms with Crippen LogP contribution in [0.2, 0.25) is 0 Å². The molecule has 2 heterocycles. The second kappa shape index (κ2) is 7.18. The molecule has 3 aromatic rings. The third-order valence-corrected chi connectivity index (χ3v) is 4.25. The van der Waals surface area contributed by atoms with Gasteiger partial charge in [-0.25, -0.2) is 9.07 Å². The van der Waals surface area contributed by atoms with Crippen LogP contribution in [0.1, 0.15) is 30.2 Å². The van der Waals surface area contributed by atoms with Gasteiger partial charge in [0.25, 0.3) is 11.5 Å². The number of aromatic hydroxyl groups is 1. The molecule has 0 aliphatic carbocycles. The van der Waals surface area contributed by atoms with Crippen LogP contribution in [0.5, 0.6) is 5.75 Å². The monoisotopic (exact) mass is 387 g/mol. The molecule has 1 amide bonds. The third kappa shape index (κ3) is 3.22. The van der Waals surface area contributed by atoms with Crippen molar-refractivity contribution < 1.29 is 24.2 Å². The first-order valence-electron chi connectivity index (χ1n) is 8.47. The van der Waals surface area contributed by atoms with Gasteiger partial charge in [-0.05, 0) is 37.6 Å². The summed E-state index contributed by atoms with van der Waals surface area (Å²) >= 11 is 0. The number of carbonyl (C=O) groups excluding carboxylic acids is 1. The first-order valence-corrected chi connectivity index (χ1v) is 8.47. The van der Waals surface area contributed by atoms with E-state index in [4.69, 9.17) is 5.11 Å². The normalized spacial score (nSPS) is 11.1. The molecule has 3 rings (SSSR count). The summed E-state index contributed by atoms with van der Waals surface area (Å²) in [5.41, 5.74) is -0.0710. The van der Waals surface area contributed by atoms with Gasteiger partial charge < -0.3 is 15.5 Å². The van der Waals surface area contributed by atoms with E-state index in [2.05, 4.69) is 5.32 Å². The van der Waals surface area contributed by atoms with Crippen LogP contribution in [0, 0.1) is 5.82 Å². The zero-order valence-corrected chi connectivity index (χ0v) is 15.1. The number of halogens is 1. The molecule has 9 heteroatoms. The van der Waals surface area contributed by atoms with Gasteiger partial charge in [-0.3, -0.25) is 18.9 Å². The standard InChI is InChI=1S/C19H18FN3O5/c1-10(2)23-19(28)15(18(27)21-9-14(24)25)17(26)16-13(7-8-22(16)23)11-3-5-12(20)6-4-11/h3-8,10,26H,9H2,1-2H3,(H,21,27)(H,24,25). The minimum atomic E-state index is -1.28. The number of nitrogens with zero attached hydrogens (tertiary/aromatic N) is 2. The number of aliphatic carboxylic acids is 1. The molecule has 0 saturated carbocycles. The highest BCUT2D eigenvalue weighted by molar-refractivity contribution is 6.01. The van der Waals surface area contributed by atoms with Crippen LogP contribution in [0.3, 0.4) is 0 Å². The summed E-state index contributed by atoms with van der Waals surface area (Å²) < 4.78 is 16.0. The van der Waals surface area contributed by atoms with Crippen molar-refractivity contribution in [2.45, 2.75) is 19.9 Å². The van der Waals surface area contributed by atoms with Crippen LogP contribution < -0.4 is 10.9 Å². The summed E-state index contributed by atoms with van der Waals surface area (Å²) in [6.07, 6.45) is 1.56. The number of hydrogen-bond donors (Lipinski definition) is 3. The van der Waals surface area contributed by atoms with Crippen molar-refractivity contribution >= 4 is 17.4 Å². The van der Waals surface area contributed by atoms with Gasteiger partial charge in [0.1, 0.15) is 23.4 Å². The summed E-state index contributed by atoms with van der Waals surface area (Å²) in [5, 5.41) is 21.6. The lowest BCUT2D eigenvalue weighted by Gasteiger charge is -2.17. The van der Waals surface area contributed by atoms with E-state index in [9.17, 15) is 23.9 Å². The zero-order chi connectivity index (χ0) is 20.6. The SMILES string of the molecule is CC(C)n1c(=O)c(C(=O)NCC(=O)O)c(O)c2c(-c3ccc(F)cc3)ccn21. The smallest absolute Gasteiger partial charge is 0.322 e. The fraction of sp³-hybridized carbons (Fsp3) is 0.211. The van der Waals surface area contributed by atoms with E-state index in [-0.39, 0.29) is 11.6 Å². The number of fused-ring (bicyclic) bond motifs is 1. The van der Waals surface area contributed by atoms with E-state index in [0.717, 1.165) is 0 Å². The topological polar surface area (TPSA) is 113 Å². The van der Waals surface area contributed by atoms with Gasteiger partial charge in [0.05, 0.1) is 0 Å². The van der Waals surface area contributed by atoms with Crippen LogP contribution in [0.4, 0.5) is 4.39 Å². The summed E-state index contributed by atoms with van der Waals surface area (Å²) in [7, 11) is 0. The predicted octanol–water partition coefficient (Wildman–Crippen LogP) is 2.01. The molecule has 0 aliphatic heterocycles. The van der Waals surface area contributed by atoms with E-state index in [1.165, 1.54) is 33.5 Å². The van der Waals surface area contributed by atoms with E-state index >= 15 is 0 Å². The highest BCUT2D eigenvalue weighted by Crippen LogP contribution is 2.33. The Kier molecular flexibility index (Phi) is 4.91. The Hall–Kier alpha value is -3.62. The first-order chi connectivity index (χ1) is 13.2. The molecule has 0 atom stereocenters. The molecule has 0 bridgehead atoms. The van der Waals surface area contributed by atoms with E-state index in [1.54, 1.807) is 26.1 Å². The summed E-state index contributed by atoms with van der Waals surface area (Å²) in [5.74, 6) is -3.28. The van der Waals surface area contributed by atoms with E-state index in [0.29, 0.717) is 11.1 Å². The second-order valence-corrected chi connectivity index (χ2v) is 6.47. The Balaban J connectivity index is 2.31. The Morgan fingerprint density at radius 2 is 1.82 bits per heavy atom. The number of amides is 1. The number of aromatic nitrogens is 2. The molecule has 0 radical (unpaired) electrons. The van der Waals surface area contributed by atoms with Crippen LogP contribution >= 0.6 is 0 Å². The van der Waals surface area contributed by atoms with Gasteiger partial charge in [0.2, 0.25) is 0 Å². The number of carbonyl (C=O) groups is 2. The van der Waals surface area contributed by atoms with Gasteiger partial charge in [0, 0.05) is 17.8 Å². The summed E-state index contributed by atoms with van der Waals surface area (Å²) in [6, 6.07) is 6.82. The molecule has 0 aliphatic rings. The Labute approximate surface area is 158 Å². The molecule has 28 heavy (non-hydrogen) atoms. The fourth-order valence-electron chi connectivity index (χ4n) is 3.06. The molecule has 146 valence electrons. The van der Waals surface area contributed by atoms with Crippen molar-refractivity contribution in [1.82, 2.24) is 14.5 Å². The van der Waals surface area contributed by atoms with Crippen molar-refractivity contribution in [2.75, 3.05) is 6.54 Å². The number of carboxylic acids is 1. The fourth-order valence-corrected chi connectivity index (χ4v) is 3.06. The van der Waals surface area contributed by atoms with Gasteiger partial charge in [-0.1, -0.05) is 12.1 Å². The van der Waals surface area contributed by atoms with Gasteiger partial charge in [-0.15, -0.1) is 0 Å². The Morgan fingerprint density at radius 3 is 2.39 bits per heavy atom. The Bertz CT molecular complexity index is 1130. The van der Waals surface area contributed by atoms with Crippen molar-refractivity contribution in [1.29, 1.82) is 0 Å². The highest BCUT2D eigenvalue weighted by Gasteiger charge is 2.25. The number of rotatable bonds is 5. The second-order valence-electron chi connectivity index (χ2n) is 6.47. The third-order valence-electron chi connectivity index (χ3n) is 4.25. The molecule has 8 nitrogen and oxygen atoms in total. The average molecular weight is 387 g/mol. The van der Waals surface area contributed by atoms with Crippen LogP contribution in [0.25, 0.3) is 16.6 Å². The van der Waals surface area contributed by atoms with Crippen molar-refractivity contribution in [3.8, 4) is 16.9 Å². The molecular formula is C19H18FN3O5. The number of benzene rings is 1. The molecule has 2 aromatic heterocycles. The molecule has 0 spiro atoms. The first kappa shape index (κ1) is 19.2. The largest absolute Gasteiger partial charge is 0.505 e. The lowest BCUT2D eigenvalue weighted by Crippen LogP contribution is -2.38. The van der Waals surface area contributed by atoms with Gasteiger partial charge in [-0.2, -0.15) is 0 Å². The van der Waals surface area contributed by atoms with E-state index in [1.807, 2.05) is 0 Å². The quantitative estimate of drug-likeness (QED) is 0.620. The van der Waals surface area contributed by atoms with Crippen molar-refractivity contribution in [3.63, 3.8) is 0 Å². The van der Waals surface area contributed by atoms with Crippen LogP contribution in [-0.4, -0.2) is 37.8 Å². The molecule has 0 unspecified atom stereocenters. The van der Waals surface area contributed by atoms with E-state index < -0.39 is 41.1 Å². The van der Waals surface area contributed by atoms with Gasteiger partial charge >= 0.3 is 5.97 Å². The maximum absolute atomic E-state index is 13.3. The molecule has 0 fully saturated rings. The molecule has 0 saturated heterocycles. The Morgan fingerprint density at radius 1 is 1.18 bits per heavy atom. The summed E-state index contributed by atoms with van der Waals surface area (Å²) in [6.45, 7) is 2.76. The van der Waals surface area contributed by atoms with Crippen LogP contribution in [0.15, 0.2) is 41.3 Å². The lowest BCUT2D eigenvalue weighted by molar-refractivity contribution is -0.135. The lowest BCUT2D eigenvalue weighted by atomic mass is 10.1. The van der Waals surface area contributed by atoms with Gasteiger partial charge in [0.15, 0.2) is 5.75 Å². The highest BCUT2D eigenvalue weighted by atomic mass is 19.1. The van der Waals surface area contributed by atoms with Crippen molar-refractivity contribution in [2.24, 2.45) is 0 Å². The predicted molar refractivity (Wildman–Crippen MR) is 99.1 cm³/mol. The number of hydrogen-bond acceptors (Lipinski definition) is 4. The average Bonchev–Trinajstić information content (AvgIpc) is 3.05. The minimum absolute atomic E-state index is 0.181.